The Labute approximate surface area is 167 Å². The van der Waals surface area contributed by atoms with E-state index in [4.69, 9.17) is 4.98 Å². The van der Waals surface area contributed by atoms with Gasteiger partial charge in [0, 0.05) is 36.1 Å². The third kappa shape index (κ3) is 3.55. The van der Waals surface area contributed by atoms with Crippen LogP contribution in [0.5, 0.6) is 0 Å². The standard InChI is InChI=1S/C23H18N6/c1-2-6-18(7-3-1)22-19-8-4-5-9-20(19)27-23(28-22)26-15-17-10-11-21(25-14-17)29-13-12-24-16-29/h1-14,16H,15H2,(H,26,27,28). The zero-order chi connectivity index (χ0) is 19.5. The fourth-order valence-corrected chi connectivity index (χ4v) is 3.22. The van der Waals surface area contributed by atoms with Gasteiger partial charge in [-0.1, -0.05) is 54.6 Å². The SMILES string of the molecule is c1ccc(-c2nc(NCc3ccc(-n4ccnc4)nc3)nc3ccccc23)cc1. The molecule has 0 bridgehead atoms. The summed E-state index contributed by atoms with van der Waals surface area (Å²) in [4.78, 5) is 18.0. The molecule has 6 heteroatoms. The maximum absolute atomic E-state index is 4.79. The normalized spacial score (nSPS) is 10.9. The highest BCUT2D eigenvalue weighted by molar-refractivity contribution is 5.93. The number of fused-ring (bicyclic) bond motifs is 1. The number of nitrogens with one attached hydrogen (secondary N) is 1. The number of pyridine rings is 1. The van der Waals surface area contributed by atoms with Gasteiger partial charge in [-0.15, -0.1) is 0 Å². The molecule has 0 atom stereocenters. The Morgan fingerprint density at radius 3 is 2.52 bits per heavy atom. The lowest BCUT2D eigenvalue weighted by Gasteiger charge is -2.11. The van der Waals surface area contributed by atoms with Crippen LogP contribution >= 0.6 is 0 Å². The summed E-state index contributed by atoms with van der Waals surface area (Å²) in [5.41, 5.74) is 3.96. The molecule has 140 valence electrons. The van der Waals surface area contributed by atoms with Gasteiger partial charge < -0.3 is 5.32 Å². The van der Waals surface area contributed by atoms with Crippen molar-refractivity contribution in [2.45, 2.75) is 6.54 Å². The first-order chi connectivity index (χ1) is 14.4. The summed E-state index contributed by atoms with van der Waals surface area (Å²) in [6.07, 6.45) is 7.18. The van der Waals surface area contributed by atoms with Crippen molar-refractivity contribution in [3.05, 3.63) is 97.2 Å². The molecule has 5 rings (SSSR count). The summed E-state index contributed by atoms with van der Waals surface area (Å²) in [7, 11) is 0. The van der Waals surface area contributed by atoms with Crippen LogP contribution in [0.1, 0.15) is 5.56 Å². The third-order valence-electron chi connectivity index (χ3n) is 4.68. The number of benzene rings is 2. The second-order valence-corrected chi connectivity index (χ2v) is 6.63. The number of hydrogen-bond acceptors (Lipinski definition) is 5. The van der Waals surface area contributed by atoms with Crippen LogP contribution in [0.3, 0.4) is 0 Å². The van der Waals surface area contributed by atoms with Crippen molar-refractivity contribution in [2.75, 3.05) is 5.32 Å². The lowest BCUT2D eigenvalue weighted by atomic mass is 10.1. The molecule has 0 saturated heterocycles. The van der Waals surface area contributed by atoms with Crippen LogP contribution in [0.4, 0.5) is 5.95 Å². The van der Waals surface area contributed by atoms with Gasteiger partial charge in [-0.25, -0.2) is 19.9 Å². The smallest absolute Gasteiger partial charge is 0.224 e. The molecule has 3 heterocycles. The molecule has 0 amide bonds. The Hall–Kier alpha value is -4.06. The Kier molecular flexibility index (Phi) is 4.42. The molecule has 0 radical (unpaired) electrons. The maximum atomic E-state index is 4.79. The van der Waals surface area contributed by atoms with Gasteiger partial charge in [-0.3, -0.25) is 4.57 Å². The maximum Gasteiger partial charge on any atom is 0.224 e. The first kappa shape index (κ1) is 17.1. The van der Waals surface area contributed by atoms with Crippen LogP contribution in [-0.2, 0) is 6.54 Å². The van der Waals surface area contributed by atoms with Gasteiger partial charge in [0.1, 0.15) is 12.1 Å². The zero-order valence-corrected chi connectivity index (χ0v) is 15.6. The Morgan fingerprint density at radius 1 is 0.862 bits per heavy atom. The number of para-hydroxylation sites is 1. The number of anilines is 1. The number of hydrogen-bond donors (Lipinski definition) is 1. The van der Waals surface area contributed by atoms with Gasteiger partial charge >= 0.3 is 0 Å². The number of aromatic nitrogens is 5. The molecule has 0 fully saturated rings. The van der Waals surface area contributed by atoms with Crippen LogP contribution in [-0.4, -0.2) is 24.5 Å². The van der Waals surface area contributed by atoms with Gasteiger partial charge in [0.05, 0.1) is 11.2 Å². The number of imidazole rings is 1. The predicted molar refractivity (Wildman–Crippen MR) is 114 cm³/mol. The molecule has 3 aromatic heterocycles. The minimum absolute atomic E-state index is 0.587. The second-order valence-electron chi connectivity index (χ2n) is 6.63. The lowest BCUT2D eigenvalue weighted by molar-refractivity contribution is 0.974. The summed E-state index contributed by atoms with van der Waals surface area (Å²) in [5, 5.41) is 4.37. The van der Waals surface area contributed by atoms with Crippen LogP contribution in [0, 0.1) is 0 Å². The van der Waals surface area contributed by atoms with E-state index in [2.05, 4.69) is 38.5 Å². The van der Waals surface area contributed by atoms with E-state index in [1.807, 2.05) is 65.5 Å². The quantitative estimate of drug-likeness (QED) is 0.488. The van der Waals surface area contributed by atoms with Gasteiger partial charge in [0.25, 0.3) is 0 Å². The summed E-state index contributed by atoms with van der Waals surface area (Å²) in [6, 6.07) is 22.3. The van der Waals surface area contributed by atoms with Crippen molar-refractivity contribution < 1.29 is 0 Å². The average Bonchev–Trinajstić information content (AvgIpc) is 3.33. The molecule has 0 aliphatic rings. The van der Waals surface area contributed by atoms with Crippen molar-refractivity contribution in [1.82, 2.24) is 24.5 Å². The van der Waals surface area contributed by atoms with E-state index < -0.39 is 0 Å². The zero-order valence-electron chi connectivity index (χ0n) is 15.6. The molecule has 29 heavy (non-hydrogen) atoms. The lowest BCUT2D eigenvalue weighted by Crippen LogP contribution is -2.06. The molecule has 0 spiro atoms. The molecule has 0 saturated carbocycles. The summed E-state index contributed by atoms with van der Waals surface area (Å²) < 4.78 is 1.87. The van der Waals surface area contributed by atoms with E-state index in [9.17, 15) is 0 Å². The number of nitrogens with zero attached hydrogens (tertiary/aromatic N) is 5. The van der Waals surface area contributed by atoms with E-state index >= 15 is 0 Å². The summed E-state index contributed by atoms with van der Waals surface area (Å²) in [6.45, 7) is 0.587. The Morgan fingerprint density at radius 2 is 1.72 bits per heavy atom. The van der Waals surface area contributed by atoms with E-state index in [0.717, 1.165) is 33.5 Å². The molecular formula is C23H18N6. The first-order valence-corrected chi connectivity index (χ1v) is 9.36. The predicted octanol–water partition coefficient (Wildman–Crippen LogP) is 4.49. The van der Waals surface area contributed by atoms with Crippen molar-refractivity contribution in [3.8, 4) is 17.1 Å². The average molecular weight is 378 g/mol. The van der Waals surface area contributed by atoms with Gasteiger partial charge in [-0.05, 0) is 17.7 Å². The molecular weight excluding hydrogens is 360 g/mol. The molecule has 6 nitrogen and oxygen atoms in total. The Bertz CT molecular complexity index is 1230. The van der Waals surface area contributed by atoms with Crippen molar-refractivity contribution >= 4 is 16.9 Å². The monoisotopic (exact) mass is 378 g/mol. The largest absolute Gasteiger partial charge is 0.350 e. The molecule has 5 aromatic rings. The van der Waals surface area contributed by atoms with Crippen molar-refractivity contribution in [1.29, 1.82) is 0 Å². The highest BCUT2D eigenvalue weighted by Crippen LogP contribution is 2.27. The van der Waals surface area contributed by atoms with Crippen LogP contribution < -0.4 is 5.32 Å². The van der Waals surface area contributed by atoms with E-state index in [1.165, 1.54) is 0 Å². The van der Waals surface area contributed by atoms with Crippen molar-refractivity contribution in [2.24, 2.45) is 0 Å². The van der Waals surface area contributed by atoms with Gasteiger partial charge in [0.2, 0.25) is 5.95 Å². The first-order valence-electron chi connectivity index (χ1n) is 9.36. The minimum atomic E-state index is 0.587. The van der Waals surface area contributed by atoms with E-state index in [0.29, 0.717) is 12.5 Å². The van der Waals surface area contributed by atoms with Crippen LogP contribution in [0.25, 0.3) is 28.0 Å². The molecule has 0 aliphatic heterocycles. The minimum Gasteiger partial charge on any atom is -0.350 e. The van der Waals surface area contributed by atoms with Crippen molar-refractivity contribution in [3.63, 3.8) is 0 Å². The molecule has 0 unspecified atom stereocenters. The molecule has 2 aromatic carbocycles. The van der Waals surface area contributed by atoms with Gasteiger partial charge in [-0.2, -0.15) is 0 Å². The summed E-state index contributed by atoms with van der Waals surface area (Å²) in [5.74, 6) is 1.43. The third-order valence-corrected chi connectivity index (χ3v) is 4.68. The summed E-state index contributed by atoms with van der Waals surface area (Å²) >= 11 is 0. The topological polar surface area (TPSA) is 68.5 Å². The van der Waals surface area contributed by atoms with E-state index in [1.54, 1.807) is 12.5 Å². The molecule has 0 aliphatic carbocycles. The van der Waals surface area contributed by atoms with E-state index in [-0.39, 0.29) is 0 Å². The van der Waals surface area contributed by atoms with Gasteiger partial charge in [0.15, 0.2) is 0 Å². The fraction of sp³-hybridized carbons (Fsp3) is 0.0435. The fourth-order valence-electron chi connectivity index (χ4n) is 3.22. The van der Waals surface area contributed by atoms with Crippen LogP contribution in [0.2, 0.25) is 0 Å². The second kappa shape index (κ2) is 7.52. The Balaban J connectivity index is 1.42. The highest BCUT2D eigenvalue weighted by Gasteiger charge is 2.09. The van der Waals surface area contributed by atoms with Crippen LogP contribution in [0.15, 0.2) is 91.6 Å². The highest BCUT2D eigenvalue weighted by atomic mass is 15.1. The number of rotatable bonds is 5. The molecule has 1 N–H and O–H groups in total.